The molecule has 0 spiro atoms. The Hall–Kier alpha value is -4.11. The van der Waals surface area contributed by atoms with Crippen molar-refractivity contribution in [2.24, 2.45) is 0 Å². The third-order valence-electron chi connectivity index (χ3n) is 5.49. The fraction of sp³-hybridized carbons (Fsp3) is 0.160. The average molecular weight is 472 g/mol. The van der Waals surface area contributed by atoms with Crippen LogP contribution in [0, 0.1) is 13.8 Å². The molecular formula is C25H21N5O3S. The Balaban J connectivity index is 1.38. The Morgan fingerprint density at radius 2 is 1.85 bits per heavy atom. The van der Waals surface area contributed by atoms with Crippen molar-refractivity contribution in [1.82, 2.24) is 25.0 Å². The molecule has 0 aliphatic carbocycles. The summed E-state index contributed by atoms with van der Waals surface area (Å²) < 4.78 is 6.80. The molecule has 9 heteroatoms. The molecule has 0 saturated carbocycles. The van der Waals surface area contributed by atoms with E-state index in [1.165, 1.54) is 22.2 Å². The van der Waals surface area contributed by atoms with Crippen molar-refractivity contribution < 1.29 is 9.32 Å². The first-order valence-corrected chi connectivity index (χ1v) is 11.5. The Bertz CT molecular complexity index is 1530. The first-order chi connectivity index (χ1) is 16.5. The molecule has 3 aromatic heterocycles. The number of aromatic nitrogens is 4. The maximum atomic E-state index is 13.2. The van der Waals surface area contributed by atoms with E-state index < -0.39 is 0 Å². The highest BCUT2D eigenvalue weighted by Gasteiger charge is 2.21. The van der Waals surface area contributed by atoms with Crippen molar-refractivity contribution >= 4 is 27.5 Å². The van der Waals surface area contributed by atoms with Crippen LogP contribution in [0.2, 0.25) is 0 Å². The highest BCUT2D eigenvalue weighted by atomic mass is 32.1. The van der Waals surface area contributed by atoms with Gasteiger partial charge < -0.3 is 9.84 Å². The van der Waals surface area contributed by atoms with E-state index in [1.54, 1.807) is 0 Å². The Labute approximate surface area is 198 Å². The molecule has 0 atom stereocenters. The monoisotopic (exact) mass is 471 g/mol. The first-order valence-electron chi connectivity index (χ1n) is 10.7. The van der Waals surface area contributed by atoms with Crippen molar-refractivity contribution in [3.8, 4) is 22.2 Å². The molecule has 0 fully saturated rings. The molecule has 1 N–H and O–H groups in total. The summed E-state index contributed by atoms with van der Waals surface area (Å²) in [6.07, 6.45) is 1.40. The Morgan fingerprint density at radius 1 is 1.09 bits per heavy atom. The Morgan fingerprint density at radius 3 is 2.62 bits per heavy atom. The third-order valence-corrected chi connectivity index (χ3v) is 6.68. The van der Waals surface area contributed by atoms with Crippen LogP contribution < -0.4 is 10.9 Å². The fourth-order valence-corrected chi connectivity index (χ4v) is 4.67. The van der Waals surface area contributed by atoms with Crippen molar-refractivity contribution in [2.75, 3.05) is 0 Å². The number of nitrogens with zero attached hydrogens (tertiary/aromatic N) is 4. The van der Waals surface area contributed by atoms with Crippen molar-refractivity contribution in [2.45, 2.75) is 26.9 Å². The fourth-order valence-electron chi connectivity index (χ4n) is 3.61. The number of carbonyl (C=O) groups is 1. The number of rotatable bonds is 6. The zero-order chi connectivity index (χ0) is 23.7. The number of hydrogen-bond donors (Lipinski definition) is 1. The van der Waals surface area contributed by atoms with Gasteiger partial charge in [-0.05, 0) is 25.0 Å². The normalized spacial score (nSPS) is 11.1. The molecule has 5 aromatic rings. The van der Waals surface area contributed by atoms with Crippen molar-refractivity contribution in [3.63, 3.8) is 0 Å². The van der Waals surface area contributed by atoms with E-state index in [0.717, 1.165) is 16.7 Å². The van der Waals surface area contributed by atoms with Gasteiger partial charge in [-0.25, -0.2) is 4.98 Å². The number of amides is 1. The molecular weight excluding hydrogens is 450 g/mol. The molecule has 170 valence electrons. The molecule has 5 rings (SSSR count). The van der Waals surface area contributed by atoms with Gasteiger partial charge in [-0.1, -0.05) is 65.3 Å². The van der Waals surface area contributed by atoms with Crippen LogP contribution in [0.1, 0.15) is 16.7 Å². The predicted molar refractivity (Wildman–Crippen MR) is 130 cm³/mol. The van der Waals surface area contributed by atoms with E-state index in [2.05, 4.69) is 20.4 Å². The smallest absolute Gasteiger partial charge is 0.268 e. The average Bonchev–Trinajstić information content (AvgIpc) is 3.46. The largest absolute Gasteiger partial charge is 0.350 e. The van der Waals surface area contributed by atoms with Gasteiger partial charge in [0, 0.05) is 12.1 Å². The van der Waals surface area contributed by atoms with Gasteiger partial charge in [-0.3, -0.25) is 14.2 Å². The molecule has 0 bridgehead atoms. The maximum absolute atomic E-state index is 13.2. The molecule has 34 heavy (non-hydrogen) atoms. The standard InChI is InChI=1S/C25H21N5O3S/c1-15-8-10-17(11-9-15)12-26-19(31)13-30-14-27-24-20(25(30)32)16(2)21(34-24)23-28-22(29-33-23)18-6-4-3-5-7-18/h3-11,14H,12-13H2,1-2H3,(H,26,31). The number of hydrogen-bond acceptors (Lipinski definition) is 7. The topological polar surface area (TPSA) is 103 Å². The number of carbonyl (C=O) groups excluding carboxylic acids is 1. The zero-order valence-corrected chi connectivity index (χ0v) is 19.4. The van der Waals surface area contributed by atoms with Gasteiger partial charge in [-0.15, -0.1) is 11.3 Å². The van der Waals surface area contributed by atoms with E-state index in [-0.39, 0.29) is 18.0 Å². The number of fused-ring (bicyclic) bond motifs is 1. The molecule has 0 radical (unpaired) electrons. The summed E-state index contributed by atoms with van der Waals surface area (Å²) in [7, 11) is 0. The van der Waals surface area contributed by atoms with Crippen LogP contribution in [0.5, 0.6) is 0 Å². The number of thiophene rings is 1. The van der Waals surface area contributed by atoms with Crippen LogP contribution in [-0.4, -0.2) is 25.6 Å². The van der Waals surface area contributed by atoms with Crippen molar-refractivity contribution in [3.05, 3.63) is 88.0 Å². The van der Waals surface area contributed by atoms with Gasteiger partial charge in [0.1, 0.15) is 11.4 Å². The SMILES string of the molecule is Cc1ccc(CNC(=O)Cn2cnc3sc(-c4nc(-c5ccccc5)no4)c(C)c3c2=O)cc1. The van der Waals surface area contributed by atoms with E-state index in [1.807, 2.05) is 68.4 Å². The molecule has 1 amide bonds. The quantitative estimate of drug-likeness (QED) is 0.400. The summed E-state index contributed by atoms with van der Waals surface area (Å²) in [5.74, 6) is 0.547. The molecule has 8 nitrogen and oxygen atoms in total. The first kappa shape index (κ1) is 21.7. The Kier molecular flexibility index (Phi) is 5.77. The van der Waals surface area contributed by atoms with E-state index >= 15 is 0 Å². The van der Waals surface area contributed by atoms with Crippen LogP contribution in [0.3, 0.4) is 0 Å². The molecule has 0 saturated heterocycles. The minimum Gasteiger partial charge on any atom is -0.350 e. The van der Waals surface area contributed by atoms with Gasteiger partial charge in [0.25, 0.3) is 11.4 Å². The van der Waals surface area contributed by atoms with Crippen LogP contribution in [0.15, 0.2) is 70.2 Å². The van der Waals surface area contributed by atoms with Gasteiger partial charge in [0.05, 0.1) is 16.6 Å². The molecule has 3 heterocycles. The molecule has 0 unspecified atom stereocenters. The van der Waals surface area contributed by atoms with Gasteiger partial charge >= 0.3 is 0 Å². The van der Waals surface area contributed by atoms with Gasteiger partial charge in [0.15, 0.2) is 0 Å². The summed E-state index contributed by atoms with van der Waals surface area (Å²) in [4.78, 5) is 35.8. The molecule has 2 aromatic carbocycles. The van der Waals surface area contributed by atoms with Crippen molar-refractivity contribution in [1.29, 1.82) is 0 Å². The van der Waals surface area contributed by atoms with Crippen LogP contribution in [0.4, 0.5) is 0 Å². The summed E-state index contributed by atoms with van der Waals surface area (Å²) in [6, 6.07) is 17.4. The second kappa shape index (κ2) is 9.03. The summed E-state index contributed by atoms with van der Waals surface area (Å²) in [5, 5.41) is 7.37. The van der Waals surface area contributed by atoms with E-state index in [9.17, 15) is 9.59 Å². The lowest BCUT2D eigenvalue weighted by atomic mass is 10.1. The summed E-state index contributed by atoms with van der Waals surface area (Å²) in [6.45, 7) is 4.12. The second-order valence-electron chi connectivity index (χ2n) is 7.97. The number of aryl methyl sites for hydroxylation is 2. The maximum Gasteiger partial charge on any atom is 0.268 e. The lowest BCUT2D eigenvalue weighted by Crippen LogP contribution is -2.32. The van der Waals surface area contributed by atoms with E-state index in [0.29, 0.717) is 38.9 Å². The van der Waals surface area contributed by atoms with Gasteiger partial charge in [0.2, 0.25) is 11.7 Å². The third kappa shape index (κ3) is 4.25. The highest BCUT2D eigenvalue weighted by Crippen LogP contribution is 2.35. The summed E-state index contributed by atoms with van der Waals surface area (Å²) >= 11 is 1.31. The molecule has 0 aliphatic heterocycles. The zero-order valence-electron chi connectivity index (χ0n) is 18.6. The van der Waals surface area contributed by atoms with Gasteiger partial charge in [-0.2, -0.15) is 4.98 Å². The van der Waals surface area contributed by atoms with Crippen LogP contribution in [0.25, 0.3) is 32.4 Å². The molecule has 0 aliphatic rings. The van der Waals surface area contributed by atoms with Crippen LogP contribution >= 0.6 is 11.3 Å². The minimum atomic E-state index is -0.279. The van der Waals surface area contributed by atoms with E-state index in [4.69, 9.17) is 4.52 Å². The second-order valence-corrected chi connectivity index (χ2v) is 8.96. The lowest BCUT2D eigenvalue weighted by molar-refractivity contribution is -0.121. The predicted octanol–water partition coefficient (Wildman–Crippen LogP) is 4.11. The number of benzene rings is 2. The highest BCUT2D eigenvalue weighted by molar-refractivity contribution is 7.22. The summed E-state index contributed by atoms with van der Waals surface area (Å²) in [5.41, 5.74) is 3.41. The van der Waals surface area contributed by atoms with Crippen LogP contribution in [-0.2, 0) is 17.9 Å². The number of nitrogens with one attached hydrogen (secondary N) is 1. The minimum absolute atomic E-state index is 0.114. The lowest BCUT2D eigenvalue weighted by Gasteiger charge is -2.08.